The van der Waals surface area contributed by atoms with Gasteiger partial charge in [-0.3, -0.25) is 9.78 Å². The summed E-state index contributed by atoms with van der Waals surface area (Å²) >= 11 is 0. The molecule has 3 fully saturated rings. The first-order chi connectivity index (χ1) is 28.6. The molecule has 16 heteroatoms. The Labute approximate surface area is 364 Å². The molecule has 4 rings (SSSR count). The monoisotopic (exact) mass is 869 g/mol. The van der Waals surface area contributed by atoms with Gasteiger partial charge in [-0.2, -0.15) is 0 Å². The Morgan fingerprint density at radius 1 is 0.967 bits per heavy atom. The van der Waals surface area contributed by atoms with Crippen molar-refractivity contribution in [3.63, 3.8) is 0 Å². The van der Waals surface area contributed by atoms with Crippen LogP contribution in [-0.2, 0) is 33.2 Å². The lowest BCUT2D eigenvalue weighted by Gasteiger charge is -2.53. The number of nitrogens with one attached hydrogen (secondary N) is 3. The number of carbonyl (C=O) groups excluding carboxylic acids is 1. The van der Waals surface area contributed by atoms with Gasteiger partial charge in [0.1, 0.15) is 34.8 Å². The molecule has 3 aliphatic rings. The number of methoxy groups -OCH3 is 1. The number of cyclic esters (lactones) is 1. The van der Waals surface area contributed by atoms with E-state index in [4.69, 9.17) is 33.2 Å². The van der Waals surface area contributed by atoms with Crippen LogP contribution < -0.4 is 20.7 Å². The zero-order valence-electron chi connectivity index (χ0n) is 39.1. The minimum Gasteiger partial charge on any atom is -0.483 e. The van der Waals surface area contributed by atoms with E-state index in [1.165, 1.54) is 6.92 Å². The van der Waals surface area contributed by atoms with Gasteiger partial charge in [0, 0.05) is 44.4 Å². The first-order valence-electron chi connectivity index (χ1n) is 22.5. The minimum absolute atomic E-state index is 0.0963. The Balaban J connectivity index is 1.84. The van der Waals surface area contributed by atoms with Crippen LogP contribution in [0, 0.1) is 17.8 Å². The number of rotatable bonds is 13. The Morgan fingerprint density at radius 2 is 1.64 bits per heavy atom. The number of nitrogens with zero attached hydrogens (tertiary/aromatic N) is 1. The van der Waals surface area contributed by atoms with Crippen LogP contribution in [-0.4, -0.2) is 155 Å². The zero-order chi connectivity index (χ0) is 45.5. The Bertz CT molecular complexity index is 1490. The highest BCUT2D eigenvalue weighted by molar-refractivity contribution is 5.73. The van der Waals surface area contributed by atoms with Crippen LogP contribution in [0.5, 0.6) is 5.75 Å². The topological polar surface area (TPSA) is 212 Å². The number of hydrogen-bond acceptors (Lipinski definition) is 16. The SMILES string of the molecule is CCCNC[C@]1(O)[C@H](C)O[C@@H](O[C@H]2[C@H](C)[C@@H](O[C@@H]3O[C@H](C)C[C@H](NC)[C@H]3Oc3ccncc3)[C@](C)(O)C[C@@H](C)CN[C@H](C)[C@@H](O)[C@](C)(O)[C@@H](CC)OC(=O)[C@@H]2C)C[C@@]1(C)OC. The molecule has 0 saturated carbocycles. The lowest BCUT2D eigenvalue weighted by atomic mass is 9.75. The molecule has 7 N–H and O–H groups in total. The molecule has 352 valence electrons. The maximum absolute atomic E-state index is 14.5. The van der Waals surface area contributed by atoms with E-state index >= 15 is 0 Å². The fourth-order valence-electron chi connectivity index (χ4n) is 9.70. The van der Waals surface area contributed by atoms with Crippen molar-refractivity contribution in [1.82, 2.24) is 20.9 Å². The largest absolute Gasteiger partial charge is 0.483 e. The third-order valence-corrected chi connectivity index (χ3v) is 13.6. The van der Waals surface area contributed by atoms with Crippen molar-refractivity contribution in [1.29, 1.82) is 0 Å². The van der Waals surface area contributed by atoms with E-state index in [1.54, 1.807) is 66.3 Å². The lowest BCUT2D eigenvalue weighted by Crippen LogP contribution is -2.70. The molecule has 1 aromatic rings. The molecular formula is C45H80N4O12. The summed E-state index contributed by atoms with van der Waals surface area (Å²) in [6.07, 6.45) is -2.80. The van der Waals surface area contributed by atoms with Gasteiger partial charge in [-0.05, 0) is 112 Å². The molecule has 0 spiro atoms. The van der Waals surface area contributed by atoms with Crippen LogP contribution in [0.15, 0.2) is 24.5 Å². The minimum atomic E-state index is -1.82. The van der Waals surface area contributed by atoms with Crippen molar-refractivity contribution in [2.75, 3.05) is 33.8 Å². The third kappa shape index (κ3) is 12.0. The standard InChI is InChI=1S/C45H80N4O12/c1-14-18-48-25-45(54)31(8)57-35(23-43(45,10)55-13)60-36-28(5)39(61-41-37(33(46-12)21-27(4)56-41)58-32-16-19-47-20-17-32)42(9,52)22-26(3)24-49-30(7)38(50)44(11,53)34(15-2)59-40(51)29(36)6/h16-17,19-20,26-31,33-39,41,46,48-50,52-54H,14-15,18,21-25H2,1-13H3/t26-,27-,28+,29-,30-,31+,33+,34-,35+,36+,37-,38-,39-,41+,42-,43-,44-,45+/m1/s1. The molecule has 0 amide bonds. The van der Waals surface area contributed by atoms with Crippen LogP contribution in [0.25, 0.3) is 0 Å². The van der Waals surface area contributed by atoms with Crippen molar-refractivity contribution in [2.45, 2.75) is 198 Å². The quantitative estimate of drug-likeness (QED) is 0.112. The van der Waals surface area contributed by atoms with Gasteiger partial charge in [0.2, 0.25) is 0 Å². The van der Waals surface area contributed by atoms with Crippen LogP contribution in [0.3, 0.4) is 0 Å². The molecule has 0 bridgehead atoms. The van der Waals surface area contributed by atoms with E-state index in [-0.39, 0.29) is 43.9 Å². The van der Waals surface area contributed by atoms with E-state index in [0.717, 1.165) is 6.42 Å². The number of hydrogen-bond donors (Lipinski definition) is 7. The Hall–Kier alpha value is -2.06. The van der Waals surface area contributed by atoms with Crippen LogP contribution in [0.4, 0.5) is 0 Å². The number of carbonyl (C=O) groups is 1. The summed E-state index contributed by atoms with van der Waals surface area (Å²) < 4.78 is 45.8. The summed E-state index contributed by atoms with van der Waals surface area (Å²) in [6, 6.07) is 2.72. The van der Waals surface area contributed by atoms with E-state index in [1.807, 2.05) is 41.7 Å². The summed E-state index contributed by atoms with van der Waals surface area (Å²) in [6.45, 7) is 21.1. The van der Waals surface area contributed by atoms with Gasteiger partial charge in [0.25, 0.3) is 0 Å². The Kier molecular flexibility index (Phi) is 18.4. The molecule has 3 aliphatic heterocycles. The first-order valence-corrected chi connectivity index (χ1v) is 22.5. The molecule has 61 heavy (non-hydrogen) atoms. The fraction of sp³-hybridized carbons (Fsp3) is 0.867. The zero-order valence-corrected chi connectivity index (χ0v) is 39.1. The highest BCUT2D eigenvalue weighted by Gasteiger charge is 2.58. The summed E-state index contributed by atoms with van der Waals surface area (Å²) in [5, 5.41) is 58.2. The van der Waals surface area contributed by atoms with Crippen LogP contribution in [0.2, 0.25) is 0 Å². The van der Waals surface area contributed by atoms with Crippen molar-refractivity contribution in [3.8, 4) is 5.75 Å². The van der Waals surface area contributed by atoms with Gasteiger partial charge in [0.05, 0.1) is 42.0 Å². The predicted octanol–water partition coefficient (Wildman–Crippen LogP) is 3.07. The maximum atomic E-state index is 14.5. The van der Waals surface area contributed by atoms with Gasteiger partial charge in [-0.15, -0.1) is 0 Å². The van der Waals surface area contributed by atoms with Gasteiger partial charge < -0.3 is 69.5 Å². The number of aromatic nitrogens is 1. The summed E-state index contributed by atoms with van der Waals surface area (Å²) in [4.78, 5) is 18.6. The lowest BCUT2D eigenvalue weighted by molar-refractivity contribution is -0.335. The molecule has 0 aliphatic carbocycles. The van der Waals surface area contributed by atoms with Crippen molar-refractivity contribution >= 4 is 5.97 Å². The fourth-order valence-corrected chi connectivity index (χ4v) is 9.70. The first kappa shape index (κ1) is 51.6. The average molecular weight is 869 g/mol. The van der Waals surface area contributed by atoms with Crippen LogP contribution in [0.1, 0.15) is 108 Å². The number of ether oxygens (including phenoxy) is 7. The second-order valence-electron chi connectivity index (χ2n) is 18.8. The van der Waals surface area contributed by atoms with Crippen molar-refractivity contribution < 1.29 is 58.4 Å². The van der Waals surface area contributed by atoms with Gasteiger partial charge in [0.15, 0.2) is 18.7 Å². The molecular weight excluding hydrogens is 789 g/mol. The van der Waals surface area contributed by atoms with E-state index in [9.17, 15) is 25.2 Å². The molecule has 16 nitrogen and oxygen atoms in total. The van der Waals surface area contributed by atoms with E-state index < -0.39 is 95.5 Å². The third-order valence-electron chi connectivity index (χ3n) is 13.6. The average Bonchev–Trinajstić information content (AvgIpc) is 3.21. The molecule has 3 saturated heterocycles. The number of pyridine rings is 1. The van der Waals surface area contributed by atoms with E-state index in [0.29, 0.717) is 25.3 Å². The number of aliphatic hydroxyl groups is 4. The van der Waals surface area contributed by atoms with Crippen molar-refractivity contribution in [2.24, 2.45) is 17.8 Å². The number of aliphatic hydroxyl groups excluding tert-OH is 1. The molecule has 18 atom stereocenters. The summed E-state index contributed by atoms with van der Waals surface area (Å²) in [5.74, 6) is -2.08. The molecule has 0 radical (unpaired) electrons. The summed E-state index contributed by atoms with van der Waals surface area (Å²) in [5.41, 5.74) is -5.97. The van der Waals surface area contributed by atoms with Gasteiger partial charge >= 0.3 is 5.97 Å². The second kappa shape index (κ2) is 21.7. The molecule has 0 unspecified atom stereocenters. The second-order valence-corrected chi connectivity index (χ2v) is 18.8. The smallest absolute Gasteiger partial charge is 0.311 e. The predicted molar refractivity (Wildman–Crippen MR) is 230 cm³/mol. The van der Waals surface area contributed by atoms with Gasteiger partial charge in [-0.1, -0.05) is 27.7 Å². The van der Waals surface area contributed by atoms with Gasteiger partial charge in [-0.25, -0.2) is 0 Å². The maximum Gasteiger partial charge on any atom is 0.311 e. The summed E-state index contributed by atoms with van der Waals surface area (Å²) in [7, 11) is 3.40. The number of likely N-dealkylation sites (N-methyl/N-ethyl adjacent to an activating group) is 1. The molecule has 0 aromatic carbocycles. The highest BCUT2D eigenvalue weighted by Crippen LogP contribution is 2.43. The van der Waals surface area contributed by atoms with Crippen molar-refractivity contribution in [3.05, 3.63) is 24.5 Å². The Morgan fingerprint density at radius 3 is 2.25 bits per heavy atom. The molecule has 1 aromatic heterocycles. The highest BCUT2D eigenvalue weighted by atomic mass is 16.7. The number of esters is 1. The normalized spacial score (nSPS) is 44.7. The van der Waals surface area contributed by atoms with E-state index in [2.05, 4.69) is 20.9 Å². The molecule has 4 heterocycles. The van der Waals surface area contributed by atoms with Crippen LogP contribution >= 0.6 is 0 Å².